The van der Waals surface area contributed by atoms with Gasteiger partial charge in [-0.3, -0.25) is 14.9 Å². The highest BCUT2D eigenvalue weighted by molar-refractivity contribution is 7.99. The molecule has 0 saturated heterocycles. The Balaban J connectivity index is 1.76. The fourth-order valence-electron chi connectivity index (χ4n) is 2.47. The van der Waals surface area contributed by atoms with Crippen LogP contribution in [0.2, 0.25) is 5.02 Å². The second-order valence-electron chi connectivity index (χ2n) is 5.92. The van der Waals surface area contributed by atoms with Gasteiger partial charge in [-0.2, -0.15) is 5.26 Å². The number of nitrogens with one attached hydrogen (secondary N) is 1. The Kier molecular flexibility index (Phi) is 6.91. The number of ether oxygens (including phenoxy) is 1. The first-order valence-electron chi connectivity index (χ1n) is 8.59. The molecule has 0 atom stereocenters. The highest BCUT2D eigenvalue weighted by Gasteiger charge is 2.19. The molecule has 0 spiro atoms. The van der Waals surface area contributed by atoms with Crippen LogP contribution in [0, 0.1) is 21.4 Å². The summed E-state index contributed by atoms with van der Waals surface area (Å²) < 4.78 is 5.15. The largest absolute Gasteiger partial charge is 0.479 e. The lowest BCUT2D eigenvalue weighted by Crippen LogP contribution is -2.12. The molecule has 0 aromatic heterocycles. The Labute approximate surface area is 181 Å². The summed E-state index contributed by atoms with van der Waals surface area (Å²) in [5.41, 5.74) is 0.487. The van der Waals surface area contributed by atoms with Gasteiger partial charge in [0.1, 0.15) is 11.8 Å². The van der Waals surface area contributed by atoms with Gasteiger partial charge >= 0.3 is 0 Å². The van der Waals surface area contributed by atoms with Crippen molar-refractivity contribution in [3.8, 4) is 11.8 Å². The van der Waals surface area contributed by atoms with Crippen LogP contribution in [0.4, 0.5) is 11.4 Å². The number of hydrogen-bond donors (Lipinski definition) is 1. The molecule has 9 heteroatoms. The number of benzene rings is 3. The zero-order valence-corrected chi connectivity index (χ0v) is 16.9. The van der Waals surface area contributed by atoms with Crippen LogP contribution in [0.5, 0.6) is 5.75 Å². The summed E-state index contributed by atoms with van der Waals surface area (Å²) in [6.45, 7) is -0.0737. The average Bonchev–Trinajstić information content (AvgIpc) is 2.75. The molecule has 3 aromatic rings. The molecule has 1 N–H and O–H groups in total. The summed E-state index contributed by atoms with van der Waals surface area (Å²) >= 11 is 7.08. The molecule has 0 fully saturated rings. The summed E-state index contributed by atoms with van der Waals surface area (Å²) in [4.78, 5) is 24.7. The number of carbonyl (C=O) groups excluding carboxylic acids is 1. The van der Waals surface area contributed by atoms with Crippen molar-refractivity contribution in [1.82, 2.24) is 0 Å². The van der Waals surface area contributed by atoms with Crippen molar-refractivity contribution in [3.05, 3.63) is 87.4 Å². The van der Waals surface area contributed by atoms with Gasteiger partial charge in [0.25, 0.3) is 11.6 Å². The lowest BCUT2D eigenvalue weighted by molar-refractivity contribution is -0.387. The van der Waals surface area contributed by atoms with Gasteiger partial charge in [-0.05, 0) is 60.7 Å². The predicted octanol–water partition coefficient (Wildman–Crippen LogP) is 5.55. The third-order valence-electron chi connectivity index (χ3n) is 3.87. The van der Waals surface area contributed by atoms with Crippen LogP contribution < -0.4 is 10.1 Å². The number of anilines is 1. The summed E-state index contributed by atoms with van der Waals surface area (Å²) in [7, 11) is 0. The maximum atomic E-state index is 12.5. The van der Waals surface area contributed by atoms with E-state index in [1.165, 1.54) is 23.9 Å². The maximum Gasteiger partial charge on any atom is 0.284 e. The molecule has 0 saturated carbocycles. The number of nitrogens with zero attached hydrogens (tertiary/aromatic N) is 2. The zero-order chi connectivity index (χ0) is 21.5. The Bertz CT molecular complexity index is 1110. The predicted molar refractivity (Wildman–Crippen MR) is 114 cm³/mol. The highest BCUT2D eigenvalue weighted by Crippen LogP contribution is 2.36. The van der Waals surface area contributed by atoms with E-state index in [-0.39, 0.29) is 17.9 Å². The quantitative estimate of drug-likeness (QED) is 0.382. The van der Waals surface area contributed by atoms with E-state index in [0.717, 1.165) is 4.90 Å². The van der Waals surface area contributed by atoms with Crippen molar-refractivity contribution in [2.45, 2.75) is 9.79 Å². The number of nitro groups is 1. The summed E-state index contributed by atoms with van der Waals surface area (Å²) in [5, 5.41) is 23.3. The molecule has 0 unspecified atom stereocenters. The molecule has 3 aromatic carbocycles. The molecule has 0 heterocycles. The topological polar surface area (TPSA) is 105 Å². The van der Waals surface area contributed by atoms with Gasteiger partial charge in [-0.25, -0.2) is 0 Å². The van der Waals surface area contributed by atoms with Gasteiger partial charge in [-0.15, -0.1) is 0 Å². The number of nitro benzene ring substituents is 1. The minimum Gasteiger partial charge on any atom is -0.479 e. The Hall–Kier alpha value is -3.54. The zero-order valence-electron chi connectivity index (χ0n) is 15.4. The standard InChI is InChI=1S/C21H14ClN3O4S/c22-15-2-8-18(9-3-15)30-20-10-1-14(13-19(20)25(27)28)21(26)24-16-4-6-17(7-5-16)29-12-11-23/h1-10,13H,12H2,(H,24,26). The molecular weight excluding hydrogens is 426 g/mol. The van der Waals surface area contributed by atoms with Gasteiger partial charge in [0.05, 0.1) is 9.82 Å². The van der Waals surface area contributed by atoms with Crippen LogP contribution in [0.1, 0.15) is 10.4 Å². The molecule has 7 nitrogen and oxygen atoms in total. The van der Waals surface area contributed by atoms with Crippen LogP contribution >= 0.6 is 23.4 Å². The van der Waals surface area contributed by atoms with E-state index in [9.17, 15) is 14.9 Å². The molecule has 3 rings (SSSR count). The number of halogens is 1. The van der Waals surface area contributed by atoms with Crippen molar-refractivity contribution < 1.29 is 14.5 Å². The van der Waals surface area contributed by atoms with Gasteiger partial charge < -0.3 is 10.1 Å². The molecule has 1 amide bonds. The van der Waals surface area contributed by atoms with E-state index < -0.39 is 10.8 Å². The first-order chi connectivity index (χ1) is 14.5. The van der Waals surface area contributed by atoms with E-state index in [1.54, 1.807) is 54.6 Å². The van der Waals surface area contributed by atoms with Gasteiger partial charge in [0.15, 0.2) is 6.61 Å². The molecule has 30 heavy (non-hydrogen) atoms. The van der Waals surface area contributed by atoms with Gasteiger partial charge in [0.2, 0.25) is 0 Å². The molecule has 0 aliphatic rings. The molecule has 0 aliphatic heterocycles. The molecule has 0 radical (unpaired) electrons. The number of hydrogen-bond acceptors (Lipinski definition) is 6. The van der Waals surface area contributed by atoms with Crippen LogP contribution in [0.25, 0.3) is 0 Å². The minimum absolute atomic E-state index is 0.0737. The third-order valence-corrected chi connectivity index (χ3v) is 5.20. The van der Waals surface area contributed by atoms with Crippen LogP contribution in [0.3, 0.4) is 0 Å². The lowest BCUT2D eigenvalue weighted by atomic mass is 10.2. The fraction of sp³-hybridized carbons (Fsp3) is 0.0476. The second-order valence-corrected chi connectivity index (χ2v) is 7.47. The molecule has 150 valence electrons. The van der Waals surface area contributed by atoms with Crippen molar-refractivity contribution in [2.75, 3.05) is 11.9 Å². The number of amides is 1. The Morgan fingerprint density at radius 1 is 1.13 bits per heavy atom. The van der Waals surface area contributed by atoms with Gasteiger partial charge in [0, 0.05) is 27.2 Å². The van der Waals surface area contributed by atoms with E-state index >= 15 is 0 Å². The summed E-state index contributed by atoms with van der Waals surface area (Å²) in [6, 6.07) is 19.6. The highest BCUT2D eigenvalue weighted by atomic mass is 35.5. The fourth-order valence-corrected chi connectivity index (χ4v) is 3.50. The second kappa shape index (κ2) is 9.78. The van der Waals surface area contributed by atoms with Crippen molar-refractivity contribution >= 4 is 40.6 Å². The minimum atomic E-state index is -0.518. The molecular formula is C21H14ClN3O4S. The summed E-state index contributed by atoms with van der Waals surface area (Å²) in [6.07, 6.45) is 0. The summed E-state index contributed by atoms with van der Waals surface area (Å²) in [5.74, 6) is 0.0144. The van der Waals surface area contributed by atoms with Crippen molar-refractivity contribution in [1.29, 1.82) is 5.26 Å². The number of nitriles is 1. The molecule has 0 aliphatic carbocycles. The monoisotopic (exact) mass is 439 g/mol. The number of rotatable bonds is 7. The Morgan fingerprint density at radius 2 is 1.83 bits per heavy atom. The molecule has 0 bridgehead atoms. The van der Waals surface area contributed by atoms with E-state index in [0.29, 0.717) is 21.4 Å². The van der Waals surface area contributed by atoms with Gasteiger partial charge in [-0.1, -0.05) is 23.4 Å². The third kappa shape index (κ3) is 5.50. The Morgan fingerprint density at radius 3 is 2.47 bits per heavy atom. The first kappa shape index (κ1) is 21.2. The SMILES string of the molecule is N#CCOc1ccc(NC(=O)c2ccc(Sc3ccc(Cl)cc3)c([N+](=O)[O-])c2)cc1. The normalized spacial score (nSPS) is 10.1. The van der Waals surface area contributed by atoms with Crippen molar-refractivity contribution in [2.24, 2.45) is 0 Å². The van der Waals surface area contributed by atoms with Crippen LogP contribution in [-0.4, -0.2) is 17.4 Å². The smallest absolute Gasteiger partial charge is 0.284 e. The lowest BCUT2D eigenvalue weighted by Gasteiger charge is -2.08. The van der Waals surface area contributed by atoms with E-state index in [2.05, 4.69) is 5.32 Å². The van der Waals surface area contributed by atoms with Crippen LogP contribution in [0.15, 0.2) is 76.5 Å². The maximum absolute atomic E-state index is 12.5. The van der Waals surface area contributed by atoms with Crippen LogP contribution in [-0.2, 0) is 0 Å². The average molecular weight is 440 g/mol. The van der Waals surface area contributed by atoms with E-state index in [1.807, 2.05) is 6.07 Å². The van der Waals surface area contributed by atoms with Crippen molar-refractivity contribution in [3.63, 3.8) is 0 Å². The van der Waals surface area contributed by atoms with E-state index in [4.69, 9.17) is 21.6 Å². The first-order valence-corrected chi connectivity index (χ1v) is 9.79. The number of carbonyl (C=O) groups is 1.